The van der Waals surface area contributed by atoms with Gasteiger partial charge in [0.2, 0.25) is 10.0 Å². The van der Waals surface area contributed by atoms with E-state index in [0.29, 0.717) is 30.2 Å². The number of carbonyl (C=O) groups is 1. The van der Waals surface area contributed by atoms with Crippen molar-refractivity contribution >= 4 is 21.6 Å². The smallest absolute Gasteiger partial charge is 0.267 e. The van der Waals surface area contributed by atoms with E-state index < -0.39 is 15.9 Å². The standard InChI is InChI=1S/C24H22N4O4S/c25-16-19(17-27-15-14-18-6-12-23(13-7-18)33(26,30)31)24(29)28-20-8-10-22(11-9-20)32-21-4-2-1-3-5-21/h1-13,17,27H,14-15H2,(H,28,29)(H2,26,30,31)/b19-17-. The number of ether oxygens (including phenoxy) is 1. The van der Waals surface area contributed by atoms with Crippen LogP contribution < -0.4 is 20.5 Å². The molecular weight excluding hydrogens is 440 g/mol. The quantitative estimate of drug-likeness (QED) is 0.254. The van der Waals surface area contributed by atoms with Gasteiger partial charge in [0.05, 0.1) is 4.90 Å². The number of nitriles is 1. The number of carbonyl (C=O) groups excluding carboxylic acids is 1. The third kappa shape index (κ3) is 7.21. The molecule has 0 atom stereocenters. The maximum absolute atomic E-state index is 12.4. The van der Waals surface area contributed by atoms with Gasteiger partial charge in [-0.15, -0.1) is 0 Å². The average Bonchev–Trinajstić information content (AvgIpc) is 2.81. The average molecular weight is 463 g/mol. The number of nitrogens with two attached hydrogens (primary N) is 1. The molecule has 0 aliphatic rings. The van der Waals surface area contributed by atoms with Gasteiger partial charge in [-0.25, -0.2) is 13.6 Å². The van der Waals surface area contributed by atoms with Gasteiger partial charge in [0.1, 0.15) is 23.1 Å². The number of amides is 1. The van der Waals surface area contributed by atoms with Crippen LogP contribution in [0.15, 0.2) is 95.5 Å². The van der Waals surface area contributed by atoms with Gasteiger partial charge in [0, 0.05) is 18.4 Å². The van der Waals surface area contributed by atoms with Crippen LogP contribution in [0.4, 0.5) is 5.69 Å². The Labute approximate surface area is 192 Å². The zero-order valence-electron chi connectivity index (χ0n) is 17.6. The first-order valence-electron chi connectivity index (χ1n) is 9.95. The minimum Gasteiger partial charge on any atom is -0.457 e. The van der Waals surface area contributed by atoms with Gasteiger partial charge in [-0.2, -0.15) is 5.26 Å². The molecule has 0 fully saturated rings. The van der Waals surface area contributed by atoms with E-state index in [1.54, 1.807) is 36.4 Å². The molecule has 3 rings (SSSR count). The van der Waals surface area contributed by atoms with Crippen molar-refractivity contribution in [1.29, 1.82) is 5.26 Å². The molecule has 9 heteroatoms. The maximum Gasteiger partial charge on any atom is 0.267 e. The Balaban J connectivity index is 1.50. The molecule has 33 heavy (non-hydrogen) atoms. The van der Waals surface area contributed by atoms with Crippen LogP contribution in [0.1, 0.15) is 5.56 Å². The van der Waals surface area contributed by atoms with Crippen molar-refractivity contribution in [3.8, 4) is 17.6 Å². The summed E-state index contributed by atoms with van der Waals surface area (Å²) in [5, 5.41) is 20.0. The van der Waals surface area contributed by atoms with Crippen molar-refractivity contribution in [3.05, 3.63) is 96.2 Å². The summed E-state index contributed by atoms with van der Waals surface area (Å²) in [5.41, 5.74) is 1.32. The van der Waals surface area contributed by atoms with E-state index in [9.17, 15) is 18.5 Å². The zero-order valence-corrected chi connectivity index (χ0v) is 18.4. The number of rotatable bonds is 9. The Bertz CT molecular complexity index is 1260. The van der Waals surface area contributed by atoms with Gasteiger partial charge in [0.15, 0.2) is 0 Å². The Morgan fingerprint density at radius 1 is 0.970 bits per heavy atom. The molecule has 8 nitrogen and oxygen atoms in total. The van der Waals surface area contributed by atoms with Crippen molar-refractivity contribution in [2.45, 2.75) is 11.3 Å². The van der Waals surface area contributed by atoms with E-state index in [4.69, 9.17) is 9.88 Å². The second-order valence-corrected chi connectivity index (χ2v) is 8.52. The number of hydrogen-bond donors (Lipinski definition) is 3. The lowest BCUT2D eigenvalue weighted by atomic mass is 10.1. The molecule has 0 heterocycles. The van der Waals surface area contributed by atoms with Crippen molar-refractivity contribution in [2.24, 2.45) is 5.14 Å². The second-order valence-electron chi connectivity index (χ2n) is 6.96. The third-order valence-electron chi connectivity index (χ3n) is 4.51. The molecular formula is C24H22N4O4S. The lowest BCUT2D eigenvalue weighted by molar-refractivity contribution is -0.112. The van der Waals surface area contributed by atoms with Crippen molar-refractivity contribution in [1.82, 2.24) is 5.32 Å². The molecule has 0 bridgehead atoms. The predicted molar refractivity (Wildman–Crippen MR) is 125 cm³/mol. The summed E-state index contributed by atoms with van der Waals surface area (Å²) in [6.45, 7) is 0.443. The Morgan fingerprint density at radius 2 is 1.61 bits per heavy atom. The molecule has 1 amide bonds. The van der Waals surface area contributed by atoms with Crippen LogP contribution in [0, 0.1) is 11.3 Å². The number of para-hydroxylation sites is 1. The highest BCUT2D eigenvalue weighted by Gasteiger charge is 2.10. The van der Waals surface area contributed by atoms with Crippen molar-refractivity contribution in [2.75, 3.05) is 11.9 Å². The number of benzene rings is 3. The predicted octanol–water partition coefficient (Wildman–Crippen LogP) is 3.30. The normalized spacial score (nSPS) is 11.3. The minimum atomic E-state index is -3.72. The van der Waals surface area contributed by atoms with E-state index in [1.165, 1.54) is 18.3 Å². The number of sulfonamides is 1. The van der Waals surface area contributed by atoms with Crippen LogP contribution in [0.25, 0.3) is 0 Å². The van der Waals surface area contributed by atoms with Gasteiger partial charge in [-0.05, 0) is 60.5 Å². The number of primary sulfonamides is 1. The molecule has 0 spiro atoms. The van der Waals surface area contributed by atoms with Crippen LogP contribution in [0.2, 0.25) is 0 Å². The summed E-state index contributed by atoms with van der Waals surface area (Å²) in [6.07, 6.45) is 1.91. The van der Waals surface area contributed by atoms with Crippen LogP contribution in [-0.4, -0.2) is 20.9 Å². The molecule has 3 aromatic carbocycles. The van der Waals surface area contributed by atoms with Gasteiger partial charge in [-0.3, -0.25) is 4.79 Å². The van der Waals surface area contributed by atoms with E-state index in [2.05, 4.69) is 10.6 Å². The summed E-state index contributed by atoms with van der Waals surface area (Å²) in [7, 11) is -3.72. The van der Waals surface area contributed by atoms with Crippen LogP contribution in [0.5, 0.6) is 11.5 Å². The molecule has 0 aromatic heterocycles. The molecule has 0 saturated heterocycles. The summed E-state index contributed by atoms with van der Waals surface area (Å²) >= 11 is 0. The topological polar surface area (TPSA) is 134 Å². The molecule has 0 radical (unpaired) electrons. The molecule has 4 N–H and O–H groups in total. The van der Waals surface area contributed by atoms with Gasteiger partial charge >= 0.3 is 0 Å². The zero-order chi connectivity index (χ0) is 23.7. The van der Waals surface area contributed by atoms with E-state index in [0.717, 1.165) is 5.56 Å². The van der Waals surface area contributed by atoms with E-state index in [-0.39, 0.29) is 10.5 Å². The summed E-state index contributed by atoms with van der Waals surface area (Å²) in [5.74, 6) is 0.781. The first kappa shape index (κ1) is 23.5. The number of nitrogens with one attached hydrogen (secondary N) is 2. The van der Waals surface area contributed by atoms with E-state index in [1.807, 2.05) is 36.4 Å². The van der Waals surface area contributed by atoms with Gasteiger partial charge in [-0.1, -0.05) is 30.3 Å². The fourth-order valence-electron chi connectivity index (χ4n) is 2.81. The van der Waals surface area contributed by atoms with Crippen LogP contribution >= 0.6 is 0 Å². The fourth-order valence-corrected chi connectivity index (χ4v) is 3.33. The SMILES string of the molecule is N#C/C(=C/NCCc1ccc(S(N)(=O)=O)cc1)C(=O)Nc1ccc(Oc2ccccc2)cc1. The number of hydrogen-bond acceptors (Lipinski definition) is 6. The van der Waals surface area contributed by atoms with Crippen LogP contribution in [-0.2, 0) is 21.2 Å². The minimum absolute atomic E-state index is 0.0437. The summed E-state index contributed by atoms with van der Waals surface area (Å²) in [4.78, 5) is 12.4. The summed E-state index contributed by atoms with van der Waals surface area (Å²) < 4.78 is 28.3. The largest absolute Gasteiger partial charge is 0.457 e. The van der Waals surface area contributed by atoms with Gasteiger partial charge in [0.25, 0.3) is 5.91 Å². The van der Waals surface area contributed by atoms with Crippen molar-refractivity contribution < 1.29 is 17.9 Å². The highest BCUT2D eigenvalue weighted by atomic mass is 32.2. The first-order chi connectivity index (χ1) is 15.8. The van der Waals surface area contributed by atoms with Gasteiger partial charge < -0.3 is 15.4 Å². The number of nitrogens with zero attached hydrogens (tertiary/aromatic N) is 1. The summed E-state index contributed by atoms with van der Waals surface area (Å²) in [6, 6.07) is 24.2. The third-order valence-corrected chi connectivity index (χ3v) is 5.44. The highest BCUT2D eigenvalue weighted by molar-refractivity contribution is 7.89. The highest BCUT2D eigenvalue weighted by Crippen LogP contribution is 2.22. The Hall–Kier alpha value is -4.13. The van der Waals surface area contributed by atoms with Crippen LogP contribution in [0.3, 0.4) is 0 Å². The molecule has 3 aromatic rings. The Morgan fingerprint density at radius 3 is 2.21 bits per heavy atom. The molecule has 0 unspecified atom stereocenters. The first-order valence-corrected chi connectivity index (χ1v) is 11.5. The second kappa shape index (κ2) is 10.9. The monoisotopic (exact) mass is 462 g/mol. The maximum atomic E-state index is 12.4. The molecule has 0 aliphatic carbocycles. The Kier molecular flexibility index (Phi) is 7.81. The fraction of sp³-hybridized carbons (Fsp3) is 0.0833. The van der Waals surface area contributed by atoms with E-state index >= 15 is 0 Å². The lowest BCUT2D eigenvalue weighted by Crippen LogP contribution is -2.18. The number of anilines is 1. The molecule has 168 valence electrons. The molecule has 0 aliphatic heterocycles. The lowest BCUT2D eigenvalue weighted by Gasteiger charge is -2.08. The molecule has 0 saturated carbocycles. The van der Waals surface area contributed by atoms with Crippen molar-refractivity contribution in [3.63, 3.8) is 0 Å².